The smallest absolute Gasteiger partial charge is 0.379 e. The van der Waals surface area contributed by atoms with E-state index in [-0.39, 0.29) is 35.6 Å². The van der Waals surface area contributed by atoms with E-state index in [1.54, 1.807) is 42.5 Å². The van der Waals surface area contributed by atoms with Crippen molar-refractivity contribution in [3.8, 4) is 0 Å². The monoisotopic (exact) mass is 527 g/mol. The zero-order valence-corrected chi connectivity index (χ0v) is 21.2. The Morgan fingerprint density at radius 1 is 1.03 bits per heavy atom. The number of benzene rings is 2. The van der Waals surface area contributed by atoms with E-state index in [2.05, 4.69) is 11.8 Å². The summed E-state index contributed by atoms with van der Waals surface area (Å²) >= 11 is 0. The van der Waals surface area contributed by atoms with Gasteiger partial charge in [0, 0.05) is 44.5 Å². The summed E-state index contributed by atoms with van der Waals surface area (Å²) in [4.78, 5) is 4.53. The number of nitrogens with zero attached hydrogens (tertiary/aromatic N) is 3. The molecule has 0 radical (unpaired) electrons. The van der Waals surface area contributed by atoms with Crippen molar-refractivity contribution < 1.29 is 31.4 Å². The first-order valence-corrected chi connectivity index (χ1v) is 13.4. The van der Waals surface area contributed by atoms with E-state index in [1.807, 2.05) is 4.90 Å². The molecule has 11 heteroatoms. The molecule has 3 atom stereocenters. The zero-order valence-electron chi connectivity index (χ0n) is 20.4. The number of hydrogen-bond donors (Lipinski definition) is 1. The van der Waals surface area contributed by atoms with E-state index in [9.17, 15) is 26.7 Å². The molecule has 0 aliphatic carbocycles. The van der Waals surface area contributed by atoms with Crippen LogP contribution in [0.3, 0.4) is 0 Å². The lowest BCUT2D eigenvalue weighted by atomic mass is 9.95. The summed E-state index contributed by atoms with van der Waals surface area (Å²) in [6.45, 7) is 6.11. The maximum absolute atomic E-state index is 13.3. The van der Waals surface area contributed by atoms with Crippen LogP contribution < -0.4 is 4.90 Å². The van der Waals surface area contributed by atoms with Gasteiger partial charge in [0.25, 0.3) is 0 Å². The fraction of sp³-hybridized carbons (Fsp3) is 0.520. The summed E-state index contributed by atoms with van der Waals surface area (Å²) in [5, 5.41) is 10.0. The van der Waals surface area contributed by atoms with E-state index < -0.39 is 21.8 Å². The number of morpholine rings is 1. The molecule has 2 aromatic carbocycles. The van der Waals surface area contributed by atoms with Crippen LogP contribution in [-0.4, -0.2) is 86.9 Å². The van der Waals surface area contributed by atoms with Crippen molar-refractivity contribution in [3.05, 3.63) is 60.2 Å². The highest BCUT2D eigenvalue weighted by molar-refractivity contribution is 7.89. The van der Waals surface area contributed by atoms with E-state index in [0.29, 0.717) is 38.5 Å². The highest BCUT2D eigenvalue weighted by atomic mass is 32.2. The van der Waals surface area contributed by atoms with Gasteiger partial charge in [-0.15, -0.1) is 0 Å². The van der Waals surface area contributed by atoms with Crippen molar-refractivity contribution in [2.45, 2.75) is 42.6 Å². The second kappa shape index (κ2) is 10.3. The molecule has 0 spiro atoms. The topological polar surface area (TPSA) is 73.3 Å². The number of aliphatic hydroxyl groups is 1. The predicted octanol–water partition coefficient (Wildman–Crippen LogP) is 3.06. The standard InChI is InChI=1S/C25H32F3N3O4S/c1-19-18-35-15-14-29(19)16-22-17-30(36(33,34)23-6-4-3-5-7-23)12-13-31(22)21-10-8-20(9-11-21)24(2,32)25(26,27)28/h3-11,19,22,32H,12-18H2,1-2H3/t19-,22+,24?/m0/s1. The maximum atomic E-state index is 13.3. The molecule has 2 fully saturated rings. The summed E-state index contributed by atoms with van der Waals surface area (Å²) in [6.07, 6.45) is -4.80. The molecule has 198 valence electrons. The lowest BCUT2D eigenvalue weighted by Crippen LogP contribution is -2.60. The number of rotatable bonds is 6. The van der Waals surface area contributed by atoms with Crippen molar-refractivity contribution >= 4 is 15.7 Å². The molecule has 2 saturated heterocycles. The molecule has 7 nitrogen and oxygen atoms in total. The van der Waals surface area contributed by atoms with Crippen LogP contribution in [-0.2, 0) is 20.4 Å². The van der Waals surface area contributed by atoms with Crippen molar-refractivity contribution in [1.82, 2.24) is 9.21 Å². The molecular weight excluding hydrogens is 495 g/mol. The van der Waals surface area contributed by atoms with Gasteiger partial charge in [0.1, 0.15) is 0 Å². The fourth-order valence-corrected chi connectivity index (χ4v) is 6.22. The number of hydrogen-bond acceptors (Lipinski definition) is 6. The second-order valence-electron chi connectivity index (χ2n) is 9.56. The van der Waals surface area contributed by atoms with Gasteiger partial charge >= 0.3 is 6.18 Å². The van der Waals surface area contributed by atoms with Gasteiger partial charge in [-0.2, -0.15) is 17.5 Å². The Morgan fingerprint density at radius 3 is 2.31 bits per heavy atom. The SMILES string of the molecule is C[C@H]1COCCN1C[C@@H]1CN(S(=O)(=O)c2ccccc2)CCN1c1ccc(C(C)(O)C(F)(F)F)cc1. The number of anilines is 1. The van der Waals surface area contributed by atoms with Gasteiger partial charge in [-0.3, -0.25) is 4.90 Å². The number of piperazine rings is 1. The average molecular weight is 528 g/mol. The highest BCUT2D eigenvalue weighted by Crippen LogP contribution is 2.39. The van der Waals surface area contributed by atoms with Gasteiger partial charge in [-0.05, 0) is 43.7 Å². The Labute approximate surface area is 210 Å². The third-order valence-electron chi connectivity index (χ3n) is 7.09. The molecule has 0 amide bonds. The van der Waals surface area contributed by atoms with Gasteiger partial charge in [0.2, 0.25) is 10.0 Å². The van der Waals surface area contributed by atoms with Gasteiger partial charge in [0.15, 0.2) is 5.60 Å². The molecule has 0 bridgehead atoms. The van der Waals surface area contributed by atoms with Crippen LogP contribution in [0.25, 0.3) is 0 Å². The first-order valence-electron chi connectivity index (χ1n) is 11.9. The number of ether oxygens (including phenoxy) is 1. The molecular formula is C25H32F3N3O4S. The Balaban J connectivity index is 1.61. The van der Waals surface area contributed by atoms with Crippen LogP contribution in [0.4, 0.5) is 18.9 Å². The average Bonchev–Trinajstić information content (AvgIpc) is 2.85. The Kier molecular flexibility index (Phi) is 7.68. The van der Waals surface area contributed by atoms with Crippen LogP contribution in [0.15, 0.2) is 59.5 Å². The van der Waals surface area contributed by atoms with Gasteiger partial charge < -0.3 is 14.7 Å². The quantitative estimate of drug-likeness (QED) is 0.623. The van der Waals surface area contributed by atoms with Crippen molar-refractivity contribution in [1.29, 1.82) is 0 Å². The molecule has 2 aliphatic rings. The summed E-state index contributed by atoms with van der Waals surface area (Å²) in [5.74, 6) is 0. The van der Waals surface area contributed by atoms with E-state index >= 15 is 0 Å². The van der Waals surface area contributed by atoms with Crippen LogP contribution >= 0.6 is 0 Å². The van der Waals surface area contributed by atoms with Crippen LogP contribution in [0.1, 0.15) is 19.4 Å². The van der Waals surface area contributed by atoms with Crippen LogP contribution in [0.5, 0.6) is 0 Å². The Morgan fingerprint density at radius 2 is 1.69 bits per heavy atom. The van der Waals surface area contributed by atoms with Crippen LogP contribution in [0.2, 0.25) is 0 Å². The minimum atomic E-state index is -4.80. The molecule has 2 aliphatic heterocycles. The van der Waals surface area contributed by atoms with Gasteiger partial charge in [-0.1, -0.05) is 30.3 Å². The molecule has 0 aromatic heterocycles. The largest absolute Gasteiger partial charge is 0.421 e. The molecule has 36 heavy (non-hydrogen) atoms. The first kappa shape index (κ1) is 26.9. The van der Waals surface area contributed by atoms with Crippen molar-refractivity contribution in [2.24, 2.45) is 0 Å². The lowest BCUT2D eigenvalue weighted by molar-refractivity contribution is -0.258. The summed E-state index contributed by atoms with van der Waals surface area (Å²) in [6, 6.07) is 13.9. The summed E-state index contributed by atoms with van der Waals surface area (Å²) < 4.78 is 73.5. The van der Waals surface area contributed by atoms with E-state index in [1.165, 1.54) is 16.4 Å². The van der Waals surface area contributed by atoms with Gasteiger partial charge in [-0.25, -0.2) is 8.42 Å². The minimum absolute atomic E-state index is 0.158. The Bertz CT molecular complexity index is 1130. The molecule has 2 aromatic rings. The van der Waals surface area contributed by atoms with Crippen molar-refractivity contribution in [2.75, 3.05) is 50.8 Å². The third-order valence-corrected chi connectivity index (χ3v) is 8.97. The normalized spacial score (nSPS) is 24.4. The molecule has 1 unspecified atom stereocenters. The van der Waals surface area contributed by atoms with E-state index in [4.69, 9.17) is 4.74 Å². The fourth-order valence-electron chi connectivity index (χ4n) is 4.73. The zero-order chi connectivity index (χ0) is 26.1. The lowest BCUT2D eigenvalue weighted by Gasteiger charge is -2.45. The summed E-state index contributed by atoms with van der Waals surface area (Å²) in [5.41, 5.74) is -2.53. The predicted molar refractivity (Wildman–Crippen MR) is 130 cm³/mol. The second-order valence-corrected chi connectivity index (χ2v) is 11.5. The Hall–Kier alpha value is -2.18. The molecule has 2 heterocycles. The molecule has 1 N–H and O–H groups in total. The number of sulfonamides is 1. The van der Waals surface area contributed by atoms with Crippen LogP contribution in [0, 0.1) is 0 Å². The van der Waals surface area contributed by atoms with E-state index in [0.717, 1.165) is 6.92 Å². The number of halogens is 3. The summed E-state index contributed by atoms with van der Waals surface area (Å²) in [7, 11) is -3.69. The van der Waals surface area contributed by atoms with Gasteiger partial charge in [0.05, 0.1) is 24.2 Å². The number of alkyl halides is 3. The molecule has 0 saturated carbocycles. The third kappa shape index (κ3) is 5.40. The highest BCUT2D eigenvalue weighted by Gasteiger charge is 2.51. The molecule has 4 rings (SSSR count). The first-order chi connectivity index (χ1) is 16.9. The van der Waals surface area contributed by atoms with Crippen molar-refractivity contribution in [3.63, 3.8) is 0 Å². The minimum Gasteiger partial charge on any atom is -0.379 e. The maximum Gasteiger partial charge on any atom is 0.421 e.